The van der Waals surface area contributed by atoms with Crippen LogP contribution in [0.15, 0.2) is 6.08 Å². The number of piperidine rings is 1. The molecule has 1 saturated heterocycles. The number of nitrogens with zero attached hydrogens (tertiary/aromatic N) is 3. The molecule has 2 rings (SSSR count). The summed E-state index contributed by atoms with van der Waals surface area (Å²) >= 11 is 0. The summed E-state index contributed by atoms with van der Waals surface area (Å²) in [5.74, 6) is 0.101. The molecule has 1 aromatic rings. The molecule has 21 heavy (non-hydrogen) atoms. The average Bonchev–Trinajstić information content (AvgIpc) is 2.72. The van der Waals surface area contributed by atoms with Gasteiger partial charge in [0, 0.05) is 31.8 Å². The summed E-state index contributed by atoms with van der Waals surface area (Å²) in [7, 11) is 1.92. The highest BCUT2D eigenvalue weighted by atomic mass is 16.4. The van der Waals surface area contributed by atoms with E-state index in [1.54, 1.807) is 6.08 Å². The van der Waals surface area contributed by atoms with Gasteiger partial charge in [-0.1, -0.05) is 20.3 Å². The number of hydrogen-bond donors (Lipinski definition) is 1. The second kappa shape index (κ2) is 5.92. The number of hydrogen-bond acceptors (Lipinski definition) is 3. The van der Waals surface area contributed by atoms with Crippen molar-refractivity contribution in [3.8, 4) is 0 Å². The van der Waals surface area contributed by atoms with Crippen molar-refractivity contribution in [1.82, 2.24) is 9.78 Å². The van der Waals surface area contributed by atoms with Crippen LogP contribution in [-0.4, -0.2) is 33.9 Å². The van der Waals surface area contributed by atoms with Crippen LogP contribution >= 0.6 is 0 Å². The van der Waals surface area contributed by atoms with Crippen LogP contribution in [0.4, 0.5) is 5.82 Å². The molecule has 0 unspecified atom stereocenters. The number of carboxylic acids is 1. The molecule has 0 amide bonds. The Morgan fingerprint density at radius 1 is 1.43 bits per heavy atom. The Balaban J connectivity index is 2.26. The van der Waals surface area contributed by atoms with E-state index >= 15 is 0 Å². The second-order valence-corrected chi connectivity index (χ2v) is 6.27. The number of rotatable bonds is 4. The van der Waals surface area contributed by atoms with E-state index in [2.05, 4.69) is 23.8 Å². The van der Waals surface area contributed by atoms with Gasteiger partial charge < -0.3 is 10.0 Å². The lowest BCUT2D eigenvalue weighted by molar-refractivity contribution is -0.131. The lowest BCUT2D eigenvalue weighted by Crippen LogP contribution is -2.39. The first kappa shape index (κ1) is 15.6. The summed E-state index contributed by atoms with van der Waals surface area (Å²) in [4.78, 5) is 13.1. The van der Waals surface area contributed by atoms with E-state index in [0.29, 0.717) is 5.41 Å². The number of aromatic nitrogens is 2. The molecular formula is C16H25N3O2. The Hall–Kier alpha value is -1.78. The topological polar surface area (TPSA) is 58.4 Å². The minimum Gasteiger partial charge on any atom is -0.478 e. The maximum Gasteiger partial charge on any atom is 0.328 e. The lowest BCUT2D eigenvalue weighted by Gasteiger charge is -2.40. The standard InChI is InChI=1S/C16H25N3O2/c1-5-16(3)8-10-19(11-9-16)15-13(6-7-14(20)21)12(2)17-18(15)4/h6-7H,5,8-11H2,1-4H3,(H,20,21). The zero-order valence-electron chi connectivity index (χ0n) is 13.4. The molecule has 0 aliphatic carbocycles. The van der Waals surface area contributed by atoms with Crippen molar-refractivity contribution in [1.29, 1.82) is 0 Å². The third-order valence-corrected chi connectivity index (χ3v) is 4.75. The summed E-state index contributed by atoms with van der Waals surface area (Å²) in [5.41, 5.74) is 2.22. The smallest absolute Gasteiger partial charge is 0.328 e. The number of aryl methyl sites for hydroxylation is 2. The van der Waals surface area contributed by atoms with Crippen LogP contribution in [0, 0.1) is 12.3 Å². The Labute approximate surface area is 126 Å². The molecule has 0 radical (unpaired) electrons. The third kappa shape index (κ3) is 3.28. The highest BCUT2D eigenvalue weighted by Crippen LogP contribution is 2.37. The van der Waals surface area contributed by atoms with Gasteiger partial charge in [0.1, 0.15) is 5.82 Å². The Morgan fingerprint density at radius 2 is 2.05 bits per heavy atom. The predicted octanol–water partition coefficient (Wildman–Crippen LogP) is 2.84. The second-order valence-electron chi connectivity index (χ2n) is 6.27. The number of carboxylic acid groups (broad SMARTS) is 1. The number of carbonyl (C=O) groups is 1. The van der Waals surface area contributed by atoms with E-state index in [1.165, 1.54) is 12.5 Å². The van der Waals surface area contributed by atoms with Crippen molar-refractivity contribution in [3.05, 3.63) is 17.3 Å². The van der Waals surface area contributed by atoms with Gasteiger partial charge in [-0.2, -0.15) is 5.10 Å². The molecule has 0 atom stereocenters. The zero-order valence-corrected chi connectivity index (χ0v) is 13.4. The van der Waals surface area contributed by atoms with Crippen LogP contribution in [0.25, 0.3) is 6.08 Å². The molecule has 116 valence electrons. The van der Waals surface area contributed by atoms with Crippen molar-refractivity contribution in [2.24, 2.45) is 12.5 Å². The minimum absolute atomic E-state index is 0.432. The highest BCUT2D eigenvalue weighted by molar-refractivity contribution is 5.87. The minimum atomic E-state index is -0.929. The number of anilines is 1. The van der Waals surface area contributed by atoms with Crippen molar-refractivity contribution in [3.63, 3.8) is 0 Å². The summed E-state index contributed by atoms with van der Waals surface area (Å²) < 4.78 is 1.87. The third-order valence-electron chi connectivity index (χ3n) is 4.75. The maximum absolute atomic E-state index is 10.8. The van der Waals surface area contributed by atoms with Crippen molar-refractivity contribution in [2.45, 2.75) is 40.0 Å². The van der Waals surface area contributed by atoms with Crippen molar-refractivity contribution < 1.29 is 9.90 Å². The van der Waals surface area contributed by atoms with E-state index in [0.717, 1.165) is 43.0 Å². The monoisotopic (exact) mass is 291 g/mol. The van der Waals surface area contributed by atoms with Crippen molar-refractivity contribution in [2.75, 3.05) is 18.0 Å². The Bertz CT molecular complexity index is 552. The van der Waals surface area contributed by atoms with Gasteiger partial charge >= 0.3 is 5.97 Å². The fourth-order valence-corrected chi connectivity index (χ4v) is 3.00. The van der Waals surface area contributed by atoms with Gasteiger partial charge in [-0.3, -0.25) is 4.68 Å². The van der Waals surface area contributed by atoms with Gasteiger partial charge in [0.05, 0.1) is 5.69 Å². The molecule has 0 bridgehead atoms. The maximum atomic E-state index is 10.8. The van der Waals surface area contributed by atoms with Crippen molar-refractivity contribution >= 4 is 17.9 Å². The zero-order chi connectivity index (χ0) is 15.6. The summed E-state index contributed by atoms with van der Waals surface area (Å²) in [5, 5.41) is 13.3. The number of aliphatic carboxylic acids is 1. The Morgan fingerprint density at radius 3 is 2.57 bits per heavy atom. The SMILES string of the molecule is CCC1(C)CCN(c2c(C=CC(=O)O)c(C)nn2C)CC1. The fourth-order valence-electron chi connectivity index (χ4n) is 3.00. The van der Waals surface area contributed by atoms with Gasteiger partial charge in [-0.05, 0) is 31.3 Å². The largest absolute Gasteiger partial charge is 0.478 e. The summed E-state index contributed by atoms with van der Waals surface area (Å²) in [6.07, 6.45) is 6.38. The van der Waals surface area contributed by atoms with E-state index in [9.17, 15) is 4.79 Å². The van der Waals surface area contributed by atoms with Crippen LogP contribution in [0.5, 0.6) is 0 Å². The lowest BCUT2D eigenvalue weighted by atomic mass is 9.78. The highest BCUT2D eigenvalue weighted by Gasteiger charge is 2.30. The molecule has 0 aromatic carbocycles. The van der Waals surface area contributed by atoms with Crippen LogP contribution in [-0.2, 0) is 11.8 Å². The van der Waals surface area contributed by atoms with E-state index in [4.69, 9.17) is 5.11 Å². The van der Waals surface area contributed by atoms with Crippen LogP contribution in [0.2, 0.25) is 0 Å². The first-order chi connectivity index (χ1) is 9.86. The van der Waals surface area contributed by atoms with Gasteiger partial charge in [0.15, 0.2) is 0 Å². The van der Waals surface area contributed by atoms with Gasteiger partial charge in [0.25, 0.3) is 0 Å². The first-order valence-corrected chi connectivity index (χ1v) is 7.56. The van der Waals surface area contributed by atoms with Crippen LogP contribution < -0.4 is 4.90 Å². The molecule has 1 aromatic heterocycles. The molecule has 0 saturated carbocycles. The van der Waals surface area contributed by atoms with Gasteiger partial charge in [-0.25, -0.2) is 4.79 Å². The molecule has 5 nitrogen and oxygen atoms in total. The first-order valence-electron chi connectivity index (χ1n) is 7.56. The molecule has 1 aliphatic rings. The molecular weight excluding hydrogens is 266 g/mol. The Kier molecular flexibility index (Phi) is 4.40. The molecule has 5 heteroatoms. The van der Waals surface area contributed by atoms with Gasteiger partial charge in [0.2, 0.25) is 0 Å². The molecule has 0 spiro atoms. The summed E-state index contributed by atoms with van der Waals surface area (Å²) in [6, 6.07) is 0. The molecule has 1 aliphatic heterocycles. The van der Waals surface area contributed by atoms with E-state index in [1.807, 2.05) is 18.7 Å². The fraction of sp³-hybridized carbons (Fsp3) is 0.625. The van der Waals surface area contributed by atoms with Crippen LogP contribution in [0.1, 0.15) is 44.4 Å². The average molecular weight is 291 g/mol. The molecule has 1 N–H and O–H groups in total. The van der Waals surface area contributed by atoms with Crippen LogP contribution in [0.3, 0.4) is 0 Å². The van der Waals surface area contributed by atoms with Gasteiger partial charge in [-0.15, -0.1) is 0 Å². The normalized spacial score (nSPS) is 18.4. The molecule has 2 heterocycles. The van der Waals surface area contributed by atoms with E-state index < -0.39 is 5.97 Å². The summed E-state index contributed by atoms with van der Waals surface area (Å²) in [6.45, 7) is 8.52. The quantitative estimate of drug-likeness (QED) is 0.867. The molecule has 1 fully saturated rings. The predicted molar refractivity (Wildman–Crippen MR) is 84.5 cm³/mol. The van der Waals surface area contributed by atoms with E-state index in [-0.39, 0.29) is 0 Å².